The van der Waals surface area contributed by atoms with Crippen molar-refractivity contribution >= 4 is 59.4 Å². The van der Waals surface area contributed by atoms with Gasteiger partial charge in [0.2, 0.25) is 5.91 Å². The summed E-state index contributed by atoms with van der Waals surface area (Å²) in [6.45, 7) is 2.86. The van der Waals surface area contributed by atoms with Crippen molar-refractivity contribution in [2.75, 3.05) is 11.9 Å². The summed E-state index contributed by atoms with van der Waals surface area (Å²) >= 11 is 10.4. The van der Waals surface area contributed by atoms with Crippen LogP contribution in [0.4, 0.5) is 5.69 Å². The van der Waals surface area contributed by atoms with Crippen LogP contribution in [0.15, 0.2) is 25.6 Å². The van der Waals surface area contributed by atoms with E-state index in [1.54, 1.807) is 0 Å². The Labute approximate surface area is 138 Å². The minimum Gasteiger partial charge on any atom is -0.323 e. The quantitative estimate of drug-likeness (QED) is 0.693. The maximum absolute atomic E-state index is 12.5. The predicted molar refractivity (Wildman–Crippen MR) is 88.4 cm³/mol. The molecule has 1 aromatic carbocycles. The third-order valence-electron chi connectivity index (χ3n) is 3.37. The van der Waals surface area contributed by atoms with E-state index in [2.05, 4.69) is 58.4 Å². The van der Waals surface area contributed by atoms with Gasteiger partial charge in [-0.05, 0) is 76.7 Å². The summed E-state index contributed by atoms with van der Waals surface area (Å²) in [5.74, 6) is 0.0101. The Hall–Kier alpha value is 0.0900. The van der Waals surface area contributed by atoms with Crippen molar-refractivity contribution in [3.8, 4) is 0 Å². The van der Waals surface area contributed by atoms with Crippen molar-refractivity contribution in [3.05, 3.63) is 25.6 Å². The Morgan fingerprint density at radius 3 is 2.42 bits per heavy atom. The first kappa shape index (κ1) is 15.5. The number of rotatable bonds is 2. The molecular formula is C13H15Br3N2O. The van der Waals surface area contributed by atoms with Crippen LogP contribution in [0.2, 0.25) is 0 Å². The van der Waals surface area contributed by atoms with Crippen molar-refractivity contribution in [2.45, 2.75) is 31.7 Å². The standard InChI is InChI=1S/C13H15Br3N2O/c1-13(4-2-3-5-17-13)12(19)18-11-9(15)6-8(14)7-10(11)16/h6-7,17H,2-5H2,1H3,(H,18,19). The largest absolute Gasteiger partial charge is 0.323 e. The highest BCUT2D eigenvalue weighted by Gasteiger charge is 2.34. The molecule has 3 nitrogen and oxygen atoms in total. The van der Waals surface area contributed by atoms with Crippen molar-refractivity contribution in [1.82, 2.24) is 5.32 Å². The fourth-order valence-corrected chi connectivity index (χ4v) is 4.62. The number of anilines is 1. The molecule has 1 atom stereocenters. The second-order valence-corrected chi connectivity index (χ2v) is 7.54. The summed E-state index contributed by atoms with van der Waals surface area (Å²) in [4.78, 5) is 12.5. The van der Waals surface area contributed by atoms with Gasteiger partial charge in [0.15, 0.2) is 0 Å². The van der Waals surface area contributed by atoms with E-state index in [0.29, 0.717) is 0 Å². The monoisotopic (exact) mass is 452 g/mol. The number of hydrogen-bond donors (Lipinski definition) is 2. The molecule has 0 saturated carbocycles. The SMILES string of the molecule is CC1(C(=O)Nc2c(Br)cc(Br)cc2Br)CCCCN1. The number of amides is 1. The minimum atomic E-state index is -0.482. The molecule has 1 aliphatic rings. The molecule has 1 saturated heterocycles. The molecule has 1 fully saturated rings. The van der Waals surface area contributed by atoms with Crippen LogP contribution in [0.25, 0.3) is 0 Å². The molecule has 2 N–H and O–H groups in total. The molecule has 19 heavy (non-hydrogen) atoms. The molecule has 1 aromatic rings. The maximum atomic E-state index is 12.5. The van der Waals surface area contributed by atoms with Crippen molar-refractivity contribution in [1.29, 1.82) is 0 Å². The van der Waals surface area contributed by atoms with Crippen LogP contribution in [0, 0.1) is 0 Å². The zero-order chi connectivity index (χ0) is 14.0. The van der Waals surface area contributed by atoms with Crippen LogP contribution in [0.3, 0.4) is 0 Å². The summed E-state index contributed by atoms with van der Waals surface area (Å²) in [5.41, 5.74) is 0.284. The Morgan fingerprint density at radius 1 is 1.26 bits per heavy atom. The fourth-order valence-electron chi connectivity index (χ4n) is 2.16. The molecule has 0 bridgehead atoms. The van der Waals surface area contributed by atoms with Gasteiger partial charge in [0.25, 0.3) is 0 Å². The summed E-state index contributed by atoms with van der Waals surface area (Å²) in [6.07, 6.45) is 3.08. The normalized spacial score (nSPS) is 23.2. The van der Waals surface area contributed by atoms with E-state index in [-0.39, 0.29) is 5.91 Å². The van der Waals surface area contributed by atoms with Crippen molar-refractivity contribution in [3.63, 3.8) is 0 Å². The molecule has 0 spiro atoms. The molecule has 0 radical (unpaired) electrons. The topological polar surface area (TPSA) is 41.1 Å². The average molecular weight is 455 g/mol. The van der Waals surface area contributed by atoms with Gasteiger partial charge in [0.05, 0.1) is 11.2 Å². The summed E-state index contributed by atoms with van der Waals surface area (Å²) < 4.78 is 2.65. The second kappa shape index (κ2) is 6.24. The van der Waals surface area contributed by atoms with Gasteiger partial charge in [-0.15, -0.1) is 0 Å². The summed E-state index contributed by atoms with van der Waals surface area (Å²) in [5, 5.41) is 6.31. The van der Waals surface area contributed by atoms with Crippen LogP contribution < -0.4 is 10.6 Å². The molecule has 0 aromatic heterocycles. The Kier molecular flexibility index (Phi) is 5.09. The fraction of sp³-hybridized carbons (Fsp3) is 0.462. The average Bonchev–Trinajstić information content (AvgIpc) is 2.34. The highest BCUT2D eigenvalue weighted by Crippen LogP contribution is 2.35. The molecule has 1 aliphatic heterocycles. The number of carbonyl (C=O) groups excluding carboxylic acids is 1. The van der Waals surface area contributed by atoms with E-state index in [1.165, 1.54) is 0 Å². The number of benzene rings is 1. The highest BCUT2D eigenvalue weighted by molar-refractivity contribution is 9.11. The Balaban J connectivity index is 2.19. The first-order valence-electron chi connectivity index (χ1n) is 6.13. The predicted octanol–water partition coefficient (Wildman–Crippen LogP) is 4.44. The molecular weight excluding hydrogens is 440 g/mol. The first-order chi connectivity index (χ1) is 8.92. The van der Waals surface area contributed by atoms with Gasteiger partial charge >= 0.3 is 0 Å². The van der Waals surface area contributed by atoms with Crippen LogP contribution in [0.5, 0.6) is 0 Å². The van der Waals surface area contributed by atoms with Crippen molar-refractivity contribution < 1.29 is 4.79 Å². The van der Waals surface area contributed by atoms with Gasteiger partial charge in [-0.3, -0.25) is 4.79 Å². The molecule has 104 valence electrons. The number of nitrogens with one attached hydrogen (secondary N) is 2. The van der Waals surface area contributed by atoms with Gasteiger partial charge < -0.3 is 10.6 Å². The lowest BCUT2D eigenvalue weighted by atomic mass is 9.90. The molecule has 6 heteroatoms. The van der Waals surface area contributed by atoms with Gasteiger partial charge in [0.1, 0.15) is 0 Å². The molecule has 1 unspecified atom stereocenters. The summed E-state index contributed by atoms with van der Waals surface area (Å²) in [7, 11) is 0. The number of carbonyl (C=O) groups is 1. The lowest BCUT2D eigenvalue weighted by Gasteiger charge is -2.33. The number of piperidine rings is 1. The first-order valence-corrected chi connectivity index (χ1v) is 8.51. The van der Waals surface area contributed by atoms with Crippen LogP contribution in [-0.2, 0) is 4.79 Å². The number of halogens is 3. The lowest BCUT2D eigenvalue weighted by Crippen LogP contribution is -2.54. The zero-order valence-corrected chi connectivity index (χ0v) is 15.3. The molecule has 1 amide bonds. The Bertz CT molecular complexity index is 476. The summed E-state index contributed by atoms with van der Waals surface area (Å²) in [6, 6.07) is 3.83. The highest BCUT2D eigenvalue weighted by atomic mass is 79.9. The van der Waals surface area contributed by atoms with Crippen LogP contribution >= 0.6 is 47.8 Å². The molecule has 2 rings (SSSR count). The third-order valence-corrected chi connectivity index (χ3v) is 5.07. The lowest BCUT2D eigenvalue weighted by molar-refractivity contribution is -0.122. The molecule has 0 aliphatic carbocycles. The van der Waals surface area contributed by atoms with E-state index in [9.17, 15) is 4.79 Å². The van der Waals surface area contributed by atoms with Crippen LogP contribution in [-0.4, -0.2) is 18.0 Å². The van der Waals surface area contributed by atoms with E-state index >= 15 is 0 Å². The Morgan fingerprint density at radius 2 is 1.89 bits per heavy atom. The van der Waals surface area contributed by atoms with Crippen LogP contribution in [0.1, 0.15) is 26.2 Å². The smallest absolute Gasteiger partial charge is 0.244 e. The maximum Gasteiger partial charge on any atom is 0.244 e. The van der Waals surface area contributed by atoms with E-state index in [0.717, 1.165) is 44.9 Å². The van der Waals surface area contributed by atoms with Gasteiger partial charge in [-0.2, -0.15) is 0 Å². The van der Waals surface area contributed by atoms with E-state index < -0.39 is 5.54 Å². The second-order valence-electron chi connectivity index (χ2n) is 4.91. The third kappa shape index (κ3) is 3.60. The zero-order valence-electron chi connectivity index (χ0n) is 10.5. The van der Waals surface area contributed by atoms with Gasteiger partial charge in [-0.1, -0.05) is 15.9 Å². The van der Waals surface area contributed by atoms with E-state index in [4.69, 9.17) is 0 Å². The van der Waals surface area contributed by atoms with Gasteiger partial charge in [0, 0.05) is 13.4 Å². The minimum absolute atomic E-state index is 0.0101. The van der Waals surface area contributed by atoms with E-state index in [1.807, 2.05) is 19.1 Å². The molecule has 1 heterocycles. The number of hydrogen-bond acceptors (Lipinski definition) is 2. The van der Waals surface area contributed by atoms with Crippen molar-refractivity contribution in [2.24, 2.45) is 0 Å². The van der Waals surface area contributed by atoms with Gasteiger partial charge in [-0.25, -0.2) is 0 Å².